The fraction of sp³-hybridized carbons (Fsp3) is 0.308. The summed E-state index contributed by atoms with van der Waals surface area (Å²) in [7, 11) is 1.87. The molecule has 1 unspecified atom stereocenters. The first-order valence-corrected chi connectivity index (χ1v) is 6.55. The highest BCUT2D eigenvalue weighted by atomic mass is 32.1. The second kappa shape index (κ2) is 5.54. The average Bonchev–Trinajstić information content (AvgIpc) is 2.82. The summed E-state index contributed by atoms with van der Waals surface area (Å²) >= 11 is 1.47. The van der Waals surface area contributed by atoms with Gasteiger partial charge >= 0.3 is 0 Å². The van der Waals surface area contributed by atoms with Gasteiger partial charge in [-0.15, -0.1) is 11.3 Å². The normalized spacial score (nSPS) is 12.7. The fourth-order valence-electron chi connectivity index (χ4n) is 1.72. The molecule has 18 heavy (non-hydrogen) atoms. The van der Waals surface area contributed by atoms with Crippen LogP contribution in [0.3, 0.4) is 0 Å². The maximum atomic E-state index is 13.6. The number of aromatic nitrogens is 1. The van der Waals surface area contributed by atoms with E-state index in [9.17, 15) is 8.78 Å². The van der Waals surface area contributed by atoms with Gasteiger partial charge in [-0.05, 0) is 25.2 Å². The van der Waals surface area contributed by atoms with E-state index in [1.54, 1.807) is 5.38 Å². The van der Waals surface area contributed by atoms with E-state index in [2.05, 4.69) is 10.3 Å². The quantitative estimate of drug-likeness (QED) is 0.919. The molecule has 0 aliphatic carbocycles. The van der Waals surface area contributed by atoms with E-state index in [0.29, 0.717) is 5.69 Å². The largest absolute Gasteiger partial charge is 0.319 e. The molecule has 2 nitrogen and oxygen atoms in total. The van der Waals surface area contributed by atoms with Crippen molar-refractivity contribution in [3.63, 3.8) is 0 Å². The van der Waals surface area contributed by atoms with Crippen LogP contribution in [0.1, 0.15) is 17.8 Å². The van der Waals surface area contributed by atoms with Crippen LogP contribution in [0, 0.1) is 11.6 Å². The number of halogens is 2. The van der Waals surface area contributed by atoms with Crippen LogP contribution >= 0.6 is 11.3 Å². The number of thiazole rings is 1. The number of nitrogens with one attached hydrogen (secondary N) is 1. The molecule has 1 atom stereocenters. The van der Waals surface area contributed by atoms with E-state index in [1.807, 2.05) is 14.0 Å². The van der Waals surface area contributed by atoms with Gasteiger partial charge in [0.1, 0.15) is 11.6 Å². The molecule has 5 heteroatoms. The average molecular weight is 268 g/mol. The van der Waals surface area contributed by atoms with Gasteiger partial charge in [-0.1, -0.05) is 6.92 Å². The molecule has 2 rings (SSSR count). The molecule has 1 N–H and O–H groups in total. The Hall–Kier alpha value is -1.33. The zero-order valence-electron chi connectivity index (χ0n) is 10.2. The number of rotatable bonds is 4. The third-order valence-electron chi connectivity index (χ3n) is 2.66. The Morgan fingerprint density at radius 2 is 2.17 bits per heavy atom. The van der Waals surface area contributed by atoms with Crippen LogP contribution in [-0.4, -0.2) is 18.6 Å². The number of hydrogen-bond donors (Lipinski definition) is 1. The molecule has 1 heterocycles. The van der Waals surface area contributed by atoms with E-state index < -0.39 is 11.6 Å². The molecule has 0 bridgehead atoms. The predicted molar refractivity (Wildman–Crippen MR) is 69.8 cm³/mol. The van der Waals surface area contributed by atoms with E-state index in [4.69, 9.17) is 0 Å². The van der Waals surface area contributed by atoms with Crippen LogP contribution in [0.25, 0.3) is 11.3 Å². The lowest BCUT2D eigenvalue weighted by molar-refractivity contribution is 0.602. The Kier molecular flexibility index (Phi) is 4.04. The second-order valence-corrected chi connectivity index (χ2v) is 5.04. The Balaban J connectivity index is 2.32. The Bertz CT molecular complexity index is 540. The number of likely N-dealkylation sites (N-methyl/N-ethyl adjacent to an activating group) is 1. The van der Waals surface area contributed by atoms with Crippen molar-refractivity contribution >= 4 is 11.3 Å². The third kappa shape index (κ3) is 2.73. The van der Waals surface area contributed by atoms with Crippen LogP contribution in [0.4, 0.5) is 8.78 Å². The topological polar surface area (TPSA) is 24.9 Å². The predicted octanol–water partition coefficient (Wildman–Crippen LogP) is 3.41. The molecule has 2 aromatic rings. The molecule has 0 saturated carbocycles. The molecule has 1 aromatic heterocycles. The first-order chi connectivity index (χ1) is 8.61. The maximum Gasteiger partial charge on any atom is 0.132 e. The summed E-state index contributed by atoms with van der Waals surface area (Å²) < 4.78 is 26.7. The van der Waals surface area contributed by atoms with Crippen LogP contribution in [0.15, 0.2) is 23.6 Å². The van der Waals surface area contributed by atoms with Gasteiger partial charge in [0.05, 0.1) is 10.7 Å². The highest BCUT2D eigenvalue weighted by Gasteiger charge is 2.13. The first kappa shape index (κ1) is 13.1. The summed E-state index contributed by atoms with van der Waals surface area (Å²) in [6.07, 6.45) is 0. The monoisotopic (exact) mass is 268 g/mol. The minimum Gasteiger partial charge on any atom is -0.319 e. The fourth-order valence-corrected chi connectivity index (χ4v) is 2.60. The van der Waals surface area contributed by atoms with Gasteiger partial charge in [0.15, 0.2) is 0 Å². The molecular formula is C13H14F2N2S. The zero-order valence-corrected chi connectivity index (χ0v) is 11.0. The highest BCUT2D eigenvalue weighted by molar-refractivity contribution is 7.10. The van der Waals surface area contributed by atoms with Gasteiger partial charge in [0.25, 0.3) is 0 Å². The van der Waals surface area contributed by atoms with Gasteiger partial charge in [-0.2, -0.15) is 0 Å². The van der Waals surface area contributed by atoms with Crippen LogP contribution in [0.2, 0.25) is 0 Å². The third-order valence-corrected chi connectivity index (χ3v) is 3.73. The number of hydrogen-bond acceptors (Lipinski definition) is 3. The summed E-state index contributed by atoms with van der Waals surface area (Å²) in [5, 5.41) is 5.75. The van der Waals surface area contributed by atoms with Crippen molar-refractivity contribution in [1.29, 1.82) is 0 Å². The summed E-state index contributed by atoms with van der Waals surface area (Å²) in [4.78, 5) is 4.37. The van der Waals surface area contributed by atoms with E-state index in [0.717, 1.165) is 23.7 Å². The molecule has 1 aromatic carbocycles. The summed E-state index contributed by atoms with van der Waals surface area (Å²) in [6.45, 7) is 2.85. The van der Waals surface area contributed by atoms with Gasteiger partial charge in [0.2, 0.25) is 0 Å². The van der Waals surface area contributed by atoms with Gasteiger partial charge in [0, 0.05) is 23.4 Å². The van der Waals surface area contributed by atoms with E-state index >= 15 is 0 Å². The van der Waals surface area contributed by atoms with Crippen molar-refractivity contribution in [3.05, 3.63) is 40.2 Å². The molecule has 0 fully saturated rings. The van der Waals surface area contributed by atoms with Crippen molar-refractivity contribution in [2.45, 2.75) is 12.8 Å². The van der Waals surface area contributed by atoms with Gasteiger partial charge in [-0.3, -0.25) is 0 Å². The van der Waals surface area contributed by atoms with Gasteiger partial charge in [-0.25, -0.2) is 13.8 Å². The van der Waals surface area contributed by atoms with E-state index in [-0.39, 0.29) is 11.5 Å². The number of benzene rings is 1. The molecule has 96 valence electrons. The molecule has 0 aliphatic rings. The lowest BCUT2D eigenvalue weighted by Gasteiger charge is -2.06. The van der Waals surface area contributed by atoms with Gasteiger partial charge < -0.3 is 5.32 Å². The zero-order chi connectivity index (χ0) is 13.1. The lowest BCUT2D eigenvalue weighted by atomic mass is 10.1. The standard InChI is InChI=1S/C13H14F2N2S/c1-8(6-16-2)13-17-12(7-18-13)10-5-9(14)3-4-11(10)15/h3-5,7-8,16H,6H2,1-2H3. The van der Waals surface area contributed by atoms with Crippen molar-refractivity contribution in [2.75, 3.05) is 13.6 Å². The smallest absolute Gasteiger partial charge is 0.132 e. The Morgan fingerprint density at radius 1 is 1.39 bits per heavy atom. The summed E-state index contributed by atoms with van der Waals surface area (Å²) in [5.41, 5.74) is 0.712. The molecule has 0 radical (unpaired) electrons. The van der Waals surface area contributed by atoms with Crippen molar-refractivity contribution in [2.24, 2.45) is 0 Å². The molecular weight excluding hydrogens is 254 g/mol. The number of nitrogens with zero attached hydrogens (tertiary/aromatic N) is 1. The van der Waals surface area contributed by atoms with Crippen molar-refractivity contribution in [1.82, 2.24) is 10.3 Å². The molecule has 0 amide bonds. The summed E-state index contributed by atoms with van der Waals surface area (Å²) in [5.74, 6) is -0.649. The molecule has 0 spiro atoms. The minimum atomic E-state index is -0.454. The Labute approximate surface area is 109 Å². The SMILES string of the molecule is CNCC(C)c1nc(-c2cc(F)ccc2F)cs1. The first-order valence-electron chi connectivity index (χ1n) is 5.67. The van der Waals surface area contributed by atoms with Crippen LogP contribution in [-0.2, 0) is 0 Å². The minimum absolute atomic E-state index is 0.217. The van der Waals surface area contributed by atoms with Crippen molar-refractivity contribution < 1.29 is 8.78 Å². The second-order valence-electron chi connectivity index (χ2n) is 4.15. The molecule has 0 aliphatic heterocycles. The Morgan fingerprint density at radius 3 is 2.89 bits per heavy atom. The maximum absolute atomic E-state index is 13.6. The van der Waals surface area contributed by atoms with Crippen LogP contribution < -0.4 is 5.32 Å². The van der Waals surface area contributed by atoms with Crippen molar-refractivity contribution in [3.8, 4) is 11.3 Å². The van der Waals surface area contributed by atoms with E-state index in [1.165, 1.54) is 17.4 Å². The highest BCUT2D eigenvalue weighted by Crippen LogP contribution is 2.28. The lowest BCUT2D eigenvalue weighted by Crippen LogP contribution is -2.14. The summed E-state index contributed by atoms with van der Waals surface area (Å²) in [6, 6.07) is 3.41. The van der Waals surface area contributed by atoms with Crippen LogP contribution in [0.5, 0.6) is 0 Å². The molecule has 0 saturated heterocycles.